The second kappa shape index (κ2) is 7.22. The lowest BCUT2D eigenvalue weighted by Crippen LogP contribution is -2.68. The quantitative estimate of drug-likeness (QED) is 0.743. The van der Waals surface area contributed by atoms with Crippen molar-refractivity contribution < 1.29 is 14.3 Å². The molecule has 1 aromatic rings. The standard InChI is InChI=1S/C17H24N2O3/c18-15-13-8-10-22-17(13)16(15)19-14(20)7-4-9-21-11-12-5-2-1-3-6-12/h1-3,5-6,13,15-17H,4,7-11,18H2,(H,19,20)/t13-,15+,16-,17-/m0/s1. The van der Waals surface area contributed by atoms with Crippen molar-refractivity contribution in [1.82, 2.24) is 5.32 Å². The molecule has 0 spiro atoms. The summed E-state index contributed by atoms with van der Waals surface area (Å²) < 4.78 is 11.2. The molecule has 3 N–H and O–H groups in total. The minimum absolute atomic E-state index is 0.00904. The number of carbonyl (C=O) groups excluding carboxylic acids is 1. The van der Waals surface area contributed by atoms with E-state index in [0.29, 0.717) is 25.6 Å². The average molecular weight is 304 g/mol. The molecule has 0 unspecified atom stereocenters. The lowest BCUT2D eigenvalue weighted by molar-refractivity contribution is -0.126. The summed E-state index contributed by atoms with van der Waals surface area (Å²) in [6.07, 6.45) is 2.34. The van der Waals surface area contributed by atoms with Crippen LogP contribution in [0.1, 0.15) is 24.8 Å². The number of hydrogen-bond acceptors (Lipinski definition) is 4. The van der Waals surface area contributed by atoms with Gasteiger partial charge in [0.15, 0.2) is 0 Å². The molecule has 120 valence electrons. The van der Waals surface area contributed by atoms with Gasteiger partial charge in [-0.1, -0.05) is 30.3 Å². The van der Waals surface area contributed by atoms with Crippen LogP contribution in [0.15, 0.2) is 30.3 Å². The molecular weight excluding hydrogens is 280 g/mol. The minimum Gasteiger partial charge on any atom is -0.377 e. The van der Waals surface area contributed by atoms with Gasteiger partial charge in [-0.3, -0.25) is 4.79 Å². The van der Waals surface area contributed by atoms with Gasteiger partial charge in [-0.2, -0.15) is 0 Å². The van der Waals surface area contributed by atoms with Crippen molar-refractivity contribution in [2.45, 2.75) is 44.1 Å². The molecule has 2 fully saturated rings. The second-order valence-electron chi connectivity index (χ2n) is 6.10. The molecule has 5 nitrogen and oxygen atoms in total. The maximum atomic E-state index is 11.9. The van der Waals surface area contributed by atoms with Crippen LogP contribution in [0.4, 0.5) is 0 Å². The van der Waals surface area contributed by atoms with Gasteiger partial charge in [-0.25, -0.2) is 0 Å². The number of fused-ring (bicyclic) bond motifs is 1. The molecular formula is C17H24N2O3. The Kier molecular flexibility index (Phi) is 5.08. The Hall–Kier alpha value is -1.43. The zero-order valence-electron chi connectivity index (χ0n) is 12.7. The van der Waals surface area contributed by atoms with E-state index in [1.165, 1.54) is 0 Å². The Morgan fingerprint density at radius 1 is 1.36 bits per heavy atom. The van der Waals surface area contributed by atoms with Gasteiger partial charge in [0.1, 0.15) is 0 Å². The summed E-state index contributed by atoms with van der Waals surface area (Å²) in [5.41, 5.74) is 7.23. The fourth-order valence-electron chi connectivity index (χ4n) is 3.28. The summed E-state index contributed by atoms with van der Waals surface area (Å²) in [4.78, 5) is 11.9. The van der Waals surface area contributed by atoms with E-state index in [4.69, 9.17) is 15.2 Å². The second-order valence-corrected chi connectivity index (χ2v) is 6.10. The first-order chi connectivity index (χ1) is 10.8. The molecule has 1 aromatic carbocycles. The lowest BCUT2D eigenvalue weighted by Gasteiger charge is -2.45. The highest BCUT2D eigenvalue weighted by molar-refractivity contribution is 5.76. The zero-order valence-corrected chi connectivity index (χ0v) is 12.7. The van der Waals surface area contributed by atoms with Crippen LogP contribution in [0, 0.1) is 5.92 Å². The van der Waals surface area contributed by atoms with Crippen LogP contribution in [-0.2, 0) is 20.9 Å². The van der Waals surface area contributed by atoms with Crippen molar-refractivity contribution in [1.29, 1.82) is 0 Å². The van der Waals surface area contributed by atoms with Gasteiger partial charge in [0.2, 0.25) is 5.91 Å². The van der Waals surface area contributed by atoms with Crippen LogP contribution in [0.25, 0.3) is 0 Å². The fourth-order valence-corrected chi connectivity index (χ4v) is 3.28. The lowest BCUT2D eigenvalue weighted by atomic mass is 9.72. The number of rotatable bonds is 7. The molecule has 1 aliphatic heterocycles. The van der Waals surface area contributed by atoms with E-state index in [-0.39, 0.29) is 24.1 Å². The van der Waals surface area contributed by atoms with Gasteiger partial charge >= 0.3 is 0 Å². The van der Waals surface area contributed by atoms with Crippen molar-refractivity contribution in [2.75, 3.05) is 13.2 Å². The Morgan fingerprint density at radius 3 is 3.00 bits per heavy atom. The SMILES string of the molecule is N[C@@H]1[C@@H]2CCO[C@@H]2[C@H]1NC(=O)CCCOCc1ccccc1. The maximum absolute atomic E-state index is 11.9. The highest BCUT2D eigenvalue weighted by Crippen LogP contribution is 2.37. The summed E-state index contributed by atoms with van der Waals surface area (Å²) in [6, 6.07) is 10.1. The molecule has 22 heavy (non-hydrogen) atoms. The molecule has 5 heteroatoms. The highest BCUT2D eigenvalue weighted by Gasteiger charge is 2.52. The van der Waals surface area contributed by atoms with Crippen molar-refractivity contribution >= 4 is 5.91 Å². The molecule has 1 amide bonds. The van der Waals surface area contributed by atoms with Gasteiger partial charge in [0, 0.05) is 31.6 Å². The van der Waals surface area contributed by atoms with Gasteiger partial charge in [0.05, 0.1) is 18.8 Å². The minimum atomic E-state index is -0.00904. The average Bonchev–Trinajstić information content (AvgIpc) is 2.98. The number of amides is 1. The third-order valence-electron chi connectivity index (χ3n) is 4.58. The van der Waals surface area contributed by atoms with E-state index in [1.54, 1.807) is 0 Å². The van der Waals surface area contributed by atoms with Crippen LogP contribution in [0.2, 0.25) is 0 Å². The molecule has 1 saturated carbocycles. The van der Waals surface area contributed by atoms with Crippen LogP contribution < -0.4 is 11.1 Å². The predicted octanol–water partition coefficient (Wildman–Crippen LogP) is 1.21. The van der Waals surface area contributed by atoms with Crippen LogP contribution in [-0.4, -0.2) is 37.3 Å². The number of carbonyl (C=O) groups is 1. The van der Waals surface area contributed by atoms with E-state index in [0.717, 1.165) is 25.0 Å². The van der Waals surface area contributed by atoms with Gasteiger partial charge in [-0.05, 0) is 18.4 Å². The molecule has 3 rings (SSSR count). The van der Waals surface area contributed by atoms with Crippen LogP contribution >= 0.6 is 0 Å². The molecule has 2 aliphatic rings. The van der Waals surface area contributed by atoms with Crippen LogP contribution in [0.3, 0.4) is 0 Å². The van der Waals surface area contributed by atoms with Gasteiger partial charge in [-0.15, -0.1) is 0 Å². The first-order valence-electron chi connectivity index (χ1n) is 8.04. The summed E-state index contributed by atoms with van der Waals surface area (Å²) >= 11 is 0. The molecule has 0 radical (unpaired) electrons. The summed E-state index contributed by atoms with van der Waals surface area (Å²) in [5, 5.41) is 3.00. The number of nitrogens with one attached hydrogen (secondary N) is 1. The van der Waals surface area contributed by atoms with E-state index >= 15 is 0 Å². The first-order valence-corrected chi connectivity index (χ1v) is 8.04. The van der Waals surface area contributed by atoms with Crippen molar-refractivity contribution in [3.05, 3.63) is 35.9 Å². The Labute approximate surface area is 131 Å². The number of nitrogens with two attached hydrogens (primary N) is 1. The maximum Gasteiger partial charge on any atom is 0.220 e. The van der Waals surface area contributed by atoms with Crippen LogP contribution in [0.5, 0.6) is 0 Å². The van der Waals surface area contributed by atoms with E-state index in [2.05, 4.69) is 5.32 Å². The smallest absolute Gasteiger partial charge is 0.220 e. The topological polar surface area (TPSA) is 73.6 Å². The van der Waals surface area contributed by atoms with Gasteiger partial charge < -0.3 is 20.5 Å². The molecule has 1 saturated heterocycles. The Bertz CT molecular complexity index is 494. The molecule has 0 bridgehead atoms. The van der Waals surface area contributed by atoms with Crippen molar-refractivity contribution in [2.24, 2.45) is 11.7 Å². The molecule has 1 heterocycles. The number of ether oxygens (including phenoxy) is 2. The monoisotopic (exact) mass is 304 g/mol. The summed E-state index contributed by atoms with van der Waals surface area (Å²) in [5.74, 6) is 0.470. The molecule has 0 aromatic heterocycles. The van der Waals surface area contributed by atoms with E-state index in [9.17, 15) is 4.79 Å². The predicted molar refractivity (Wildman–Crippen MR) is 83.1 cm³/mol. The first kappa shape index (κ1) is 15.5. The Morgan fingerprint density at radius 2 is 2.18 bits per heavy atom. The Balaban J connectivity index is 1.28. The van der Waals surface area contributed by atoms with Gasteiger partial charge in [0.25, 0.3) is 0 Å². The fraction of sp³-hybridized carbons (Fsp3) is 0.588. The summed E-state index contributed by atoms with van der Waals surface area (Å²) in [7, 11) is 0. The van der Waals surface area contributed by atoms with E-state index < -0.39 is 0 Å². The zero-order chi connectivity index (χ0) is 15.4. The number of benzene rings is 1. The molecule has 1 aliphatic carbocycles. The van der Waals surface area contributed by atoms with Crippen molar-refractivity contribution in [3.8, 4) is 0 Å². The third kappa shape index (κ3) is 3.48. The van der Waals surface area contributed by atoms with Crippen molar-refractivity contribution in [3.63, 3.8) is 0 Å². The normalized spacial score (nSPS) is 29.7. The molecule has 4 atom stereocenters. The largest absolute Gasteiger partial charge is 0.377 e. The highest BCUT2D eigenvalue weighted by atomic mass is 16.5. The number of hydrogen-bond donors (Lipinski definition) is 2. The van der Waals surface area contributed by atoms with E-state index in [1.807, 2.05) is 30.3 Å². The third-order valence-corrected chi connectivity index (χ3v) is 4.58. The summed E-state index contributed by atoms with van der Waals surface area (Å²) in [6.45, 7) is 1.94.